The number of rotatable bonds is 17. The maximum absolute atomic E-state index is 14.7. The minimum atomic E-state index is -4.74. The molecule has 2 aromatic rings. The van der Waals surface area contributed by atoms with E-state index >= 15 is 0 Å². The molecule has 1 fully saturated rings. The molecule has 0 aliphatic carbocycles. The monoisotopic (exact) mass is 624 g/mol. The molecule has 3 rings (SSSR count). The second-order valence-corrected chi connectivity index (χ2v) is 11.4. The first-order chi connectivity index (χ1) is 21.1. The number of benzene rings is 2. The average molecular weight is 625 g/mol. The van der Waals surface area contributed by atoms with Crippen molar-refractivity contribution in [3.8, 4) is 5.75 Å². The molecule has 0 amide bonds. The van der Waals surface area contributed by atoms with Gasteiger partial charge in [0.25, 0.3) is 0 Å². The van der Waals surface area contributed by atoms with E-state index in [2.05, 4.69) is 11.7 Å². The summed E-state index contributed by atoms with van der Waals surface area (Å²) in [5.74, 6) is -3.36. The molecule has 244 valence electrons. The molecular weight excluding hydrogens is 580 g/mol. The van der Waals surface area contributed by atoms with Crippen molar-refractivity contribution in [1.82, 2.24) is 0 Å². The van der Waals surface area contributed by atoms with E-state index in [-0.39, 0.29) is 18.4 Å². The highest BCUT2D eigenvalue weighted by Crippen LogP contribution is 2.30. The topological polar surface area (TPSA) is 71.1 Å². The molecule has 1 atom stereocenters. The standard InChI is InChI=1S/C34H44F4O6/c1-3-5-7-9-10-11-13-24-22-41-33(42-23-24)26-17-15-25(16-18-26)31(39)43-29-20-19-27(21-28(29)35)32(40)44-30(34(36,37)38)14-12-8-6-4-2/h15-21,24,30,33H,3-14,22-23H2,1-2H3. The average Bonchev–Trinajstić information content (AvgIpc) is 3.01. The van der Waals surface area contributed by atoms with Gasteiger partial charge in [-0.1, -0.05) is 83.8 Å². The van der Waals surface area contributed by atoms with Gasteiger partial charge in [0.2, 0.25) is 0 Å². The molecule has 1 saturated heterocycles. The normalized spacial score (nSPS) is 17.7. The van der Waals surface area contributed by atoms with Crippen LogP contribution in [0.25, 0.3) is 0 Å². The maximum Gasteiger partial charge on any atom is 0.425 e. The lowest BCUT2D eigenvalue weighted by Crippen LogP contribution is -2.33. The van der Waals surface area contributed by atoms with Gasteiger partial charge in [-0.05, 0) is 49.6 Å². The molecule has 1 aliphatic rings. The summed E-state index contributed by atoms with van der Waals surface area (Å²) >= 11 is 0. The summed E-state index contributed by atoms with van der Waals surface area (Å²) in [6.07, 6.45) is 3.03. The summed E-state index contributed by atoms with van der Waals surface area (Å²) in [4.78, 5) is 25.0. The van der Waals surface area contributed by atoms with Crippen molar-refractivity contribution < 1.29 is 46.1 Å². The van der Waals surface area contributed by atoms with Crippen molar-refractivity contribution in [2.45, 2.75) is 109 Å². The van der Waals surface area contributed by atoms with E-state index in [0.29, 0.717) is 31.6 Å². The van der Waals surface area contributed by atoms with Crippen LogP contribution in [-0.2, 0) is 14.2 Å². The third kappa shape index (κ3) is 11.5. The van der Waals surface area contributed by atoms with Gasteiger partial charge in [-0.15, -0.1) is 0 Å². The van der Waals surface area contributed by atoms with E-state index in [1.807, 2.05) is 6.92 Å². The van der Waals surface area contributed by atoms with Gasteiger partial charge in [0.1, 0.15) is 0 Å². The van der Waals surface area contributed by atoms with Gasteiger partial charge in [-0.25, -0.2) is 14.0 Å². The van der Waals surface area contributed by atoms with Crippen molar-refractivity contribution in [1.29, 1.82) is 0 Å². The van der Waals surface area contributed by atoms with Crippen molar-refractivity contribution in [3.05, 3.63) is 65.0 Å². The third-order valence-corrected chi connectivity index (χ3v) is 7.66. The molecule has 0 N–H and O–H groups in total. The Morgan fingerprint density at radius 1 is 0.818 bits per heavy atom. The number of esters is 2. The van der Waals surface area contributed by atoms with Gasteiger partial charge >= 0.3 is 18.1 Å². The number of hydrogen-bond donors (Lipinski definition) is 0. The second kappa shape index (κ2) is 18.1. The van der Waals surface area contributed by atoms with Crippen LogP contribution in [-0.4, -0.2) is 37.4 Å². The van der Waals surface area contributed by atoms with Crippen LogP contribution in [0.5, 0.6) is 5.75 Å². The molecule has 0 bridgehead atoms. The molecule has 10 heteroatoms. The van der Waals surface area contributed by atoms with Crippen molar-refractivity contribution in [2.75, 3.05) is 13.2 Å². The van der Waals surface area contributed by atoms with Crippen molar-refractivity contribution in [2.24, 2.45) is 5.92 Å². The second-order valence-electron chi connectivity index (χ2n) is 11.4. The Morgan fingerprint density at radius 2 is 1.41 bits per heavy atom. The minimum absolute atomic E-state index is 0.143. The molecule has 6 nitrogen and oxygen atoms in total. The molecule has 1 unspecified atom stereocenters. The van der Waals surface area contributed by atoms with Gasteiger partial charge in [0.15, 0.2) is 24.0 Å². The van der Waals surface area contributed by atoms with E-state index in [0.717, 1.165) is 43.4 Å². The van der Waals surface area contributed by atoms with Gasteiger partial charge in [-0.3, -0.25) is 0 Å². The Bertz CT molecular complexity index is 1160. The lowest BCUT2D eigenvalue weighted by Gasteiger charge is -2.29. The smallest absolute Gasteiger partial charge is 0.425 e. The highest BCUT2D eigenvalue weighted by molar-refractivity contribution is 5.92. The van der Waals surface area contributed by atoms with Crippen molar-refractivity contribution >= 4 is 11.9 Å². The van der Waals surface area contributed by atoms with Crippen LogP contribution in [0.2, 0.25) is 0 Å². The lowest BCUT2D eigenvalue weighted by atomic mass is 10.0. The molecule has 44 heavy (non-hydrogen) atoms. The number of halogens is 4. The van der Waals surface area contributed by atoms with Crippen LogP contribution < -0.4 is 4.74 Å². The Balaban J connectivity index is 1.49. The van der Waals surface area contributed by atoms with Crippen LogP contribution in [0.15, 0.2) is 42.5 Å². The number of carbonyl (C=O) groups is 2. The molecule has 0 radical (unpaired) electrons. The summed E-state index contributed by atoms with van der Waals surface area (Å²) in [5, 5.41) is 0. The lowest BCUT2D eigenvalue weighted by molar-refractivity contribution is -0.206. The van der Waals surface area contributed by atoms with Crippen LogP contribution in [0.4, 0.5) is 17.6 Å². The summed E-state index contributed by atoms with van der Waals surface area (Å²) < 4.78 is 76.4. The fourth-order valence-corrected chi connectivity index (χ4v) is 5.00. The predicted molar refractivity (Wildman–Crippen MR) is 158 cm³/mol. The van der Waals surface area contributed by atoms with Crippen LogP contribution in [0.1, 0.15) is 123 Å². The molecule has 0 spiro atoms. The number of alkyl halides is 3. The predicted octanol–water partition coefficient (Wildman–Crippen LogP) is 9.52. The molecule has 2 aromatic carbocycles. The largest absolute Gasteiger partial charge is 0.449 e. The zero-order valence-electron chi connectivity index (χ0n) is 25.6. The number of unbranched alkanes of at least 4 members (excludes halogenated alkanes) is 8. The molecule has 0 aromatic heterocycles. The van der Waals surface area contributed by atoms with Gasteiger partial charge in [0.05, 0.1) is 24.3 Å². The van der Waals surface area contributed by atoms with E-state index in [9.17, 15) is 27.2 Å². The first-order valence-electron chi connectivity index (χ1n) is 15.7. The van der Waals surface area contributed by atoms with Gasteiger partial charge < -0.3 is 18.9 Å². The first-order valence-corrected chi connectivity index (χ1v) is 15.7. The minimum Gasteiger partial charge on any atom is -0.449 e. The zero-order valence-corrected chi connectivity index (χ0v) is 25.6. The van der Waals surface area contributed by atoms with Crippen LogP contribution in [0.3, 0.4) is 0 Å². The van der Waals surface area contributed by atoms with E-state index in [4.69, 9.17) is 14.2 Å². The van der Waals surface area contributed by atoms with E-state index in [1.54, 1.807) is 12.1 Å². The van der Waals surface area contributed by atoms with E-state index < -0.39 is 47.6 Å². The fraction of sp³-hybridized carbons (Fsp3) is 0.588. The van der Waals surface area contributed by atoms with E-state index in [1.165, 1.54) is 44.2 Å². The fourth-order valence-electron chi connectivity index (χ4n) is 5.00. The SMILES string of the molecule is CCCCCCCCC1COC(c2ccc(C(=O)Oc3ccc(C(=O)OC(CCCCCC)C(F)(F)F)cc3F)cc2)OC1. The summed E-state index contributed by atoms with van der Waals surface area (Å²) in [5.41, 5.74) is 0.455. The molecule has 0 saturated carbocycles. The number of ether oxygens (including phenoxy) is 4. The Kier molecular flexibility index (Phi) is 14.6. The highest BCUT2D eigenvalue weighted by atomic mass is 19.4. The van der Waals surface area contributed by atoms with Crippen LogP contribution >= 0.6 is 0 Å². The van der Waals surface area contributed by atoms with Gasteiger partial charge in [0, 0.05) is 11.5 Å². The molecular formula is C34H44F4O6. The van der Waals surface area contributed by atoms with Crippen LogP contribution in [0, 0.1) is 11.7 Å². The highest BCUT2D eigenvalue weighted by Gasteiger charge is 2.42. The molecule has 1 heterocycles. The number of hydrogen-bond acceptors (Lipinski definition) is 6. The summed E-state index contributed by atoms with van der Waals surface area (Å²) in [6, 6.07) is 9.11. The summed E-state index contributed by atoms with van der Waals surface area (Å²) in [7, 11) is 0. The summed E-state index contributed by atoms with van der Waals surface area (Å²) in [6.45, 7) is 5.33. The maximum atomic E-state index is 14.7. The first kappa shape index (κ1) is 35.5. The quantitative estimate of drug-likeness (QED) is 0.0756. The third-order valence-electron chi connectivity index (χ3n) is 7.66. The number of carbonyl (C=O) groups excluding carboxylic acids is 2. The Labute approximate surface area is 257 Å². The molecule has 1 aliphatic heterocycles. The Morgan fingerprint density at radius 3 is 2.02 bits per heavy atom. The zero-order chi connectivity index (χ0) is 32.0. The van der Waals surface area contributed by atoms with Crippen molar-refractivity contribution in [3.63, 3.8) is 0 Å². The van der Waals surface area contributed by atoms with Gasteiger partial charge in [-0.2, -0.15) is 13.2 Å². The Hall–Kier alpha value is -2.98.